The molecule has 0 spiro atoms. The predicted octanol–water partition coefficient (Wildman–Crippen LogP) is 4.20. The number of nitrogens with one attached hydrogen (secondary N) is 1. The molecule has 0 bridgehead atoms. The number of hydrogen-bond donors (Lipinski definition) is 2. The fourth-order valence-electron chi connectivity index (χ4n) is 2.02. The third-order valence-corrected chi connectivity index (χ3v) is 4.77. The zero-order valence-corrected chi connectivity index (χ0v) is 13.4. The van der Waals surface area contributed by atoms with Crippen LogP contribution in [0.1, 0.15) is 4.88 Å². The van der Waals surface area contributed by atoms with Gasteiger partial charge < -0.3 is 10.4 Å². The lowest BCUT2D eigenvalue weighted by atomic mass is 10.1. The lowest BCUT2D eigenvalue weighted by Gasteiger charge is -2.06. The Kier molecular flexibility index (Phi) is 3.99. The average molecular weight is 340 g/mol. The van der Waals surface area contributed by atoms with E-state index in [1.54, 1.807) is 19.2 Å². The van der Waals surface area contributed by atoms with Crippen molar-refractivity contribution < 1.29 is 5.11 Å². The van der Waals surface area contributed by atoms with E-state index in [0.717, 1.165) is 26.4 Å². The van der Waals surface area contributed by atoms with Crippen LogP contribution < -0.4 is 5.32 Å². The molecular weight excluding hydrogens is 329 g/mol. The van der Waals surface area contributed by atoms with E-state index in [0.29, 0.717) is 16.0 Å². The Balaban J connectivity index is 2.28. The summed E-state index contributed by atoms with van der Waals surface area (Å²) in [5.41, 5.74) is 1.62. The lowest BCUT2D eigenvalue weighted by molar-refractivity contribution is 0.285. The minimum Gasteiger partial charge on any atom is -0.391 e. The van der Waals surface area contributed by atoms with Gasteiger partial charge in [0.25, 0.3) is 0 Å². The van der Waals surface area contributed by atoms with Gasteiger partial charge in [0.05, 0.1) is 22.3 Å². The second kappa shape index (κ2) is 5.77. The molecule has 3 aromatic rings. The van der Waals surface area contributed by atoms with Gasteiger partial charge in [0, 0.05) is 22.9 Å². The summed E-state index contributed by atoms with van der Waals surface area (Å²) in [4.78, 5) is 10.6. The monoisotopic (exact) mass is 339 g/mol. The first-order valence-electron chi connectivity index (χ1n) is 6.17. The van der Waals surface area contributed by atoms with E-state index in [9.17, 15) is 5.11 Å². The molecule has 0 aliphatic carbocycles. The summed E-state index contributed by atoms with van der Waals surface area (Å²) in [6, 6.07) is 7.29. The van der Waals surface area contributed by atoms with Crippen molar-refractivity contribution in [3.63, 3.8) is 0 Å². The molecule has 3 rings (SSSR count). The molecule has 0 fully saturated rings. The van der Waals surface area contributed by atoms with E-state index >= 15 is 0 Å². The number of halogens is 2. The third kappa shape index (κ3) is 2.70. The number of aliphatic hydroxyl groups is 1. The fourth-order valence-corrected chi connectivity index (χ4v) is 3.21. The average Bonchev–Trinajstić information content (AvgIpc) is 2.92. The molecule has 2 heterocycles. The molecule has 0 amide bonds. The van der Waals surface area contributed by atoms with Crippen LogP contribution in [0.15, 0.2) is 24.3 Å². The summed E-state index contributed by atoms with van der Waals surface area (Å²) < 4.78 is 0. The zero-order chi connectivity index (χ0) is 15.0. The molecule has 7 heteroatoms. The summed E-state index contributed by atoms with van der Waals surface area (Å²) >= 11 is 13.5. The van der Waals surface area contributed by atoms with Crippen molar-refractivity contribution in [2.45, 2.75) is 6.61 Å². The first-order chi connectivity index (χ1) is 10.1. The maximum absolute atomic E-state index is 9.32. The number of thiophene rings is 1. The smallest absolute Gasteiger partial charge is 0.224 e. The van der Waals surface area contributed by atoms with Crippen LogP contribution in [0.4, 0.5) is 5.95 Å². The van der Waals surface area contributed by atoms with Crippen molar-refractivity contribution in [2.75, 3.05) is 12.4 Å². The molecular formula is C14H11Cl2N3OS. The molecule has 0 atom stereocenters. The van der Waals surface area contributed by atoms with Crippen molar-refractivity contribution >= 4 is 50.7 Å². The zero-order valence-electron chi connectivity index (χ0n) is 11.0. The number of rotatable bonds is 3. The number of anilines is 1. The number of aliphatic hydroxyl groups excluding tert-OH is 1. The van der Waals surface area contributed by atoms with Gasteiger partial charge in [0.2, 0.25) is 5.95 Å². The Morgan fingerprint density at radius 2 is 2.00 bits per heavy atom. The van der Waals surface area contributed by atoms with E-state index in [1.807, 2.05) is 12.1 Å². The van der Waals surface area contributed by atoms with Crippen LogP contribution in [0.25, 0.3) is 21.5 Å². The van der Waals surface area contributed by atoms with Gasteiger partial charge in [-0.2, -0.15) is 0 Å². The largest absolute Gasteiger partial charge is 0.391 e. The van der Waals surface area contributed by atoms with Gasteiger partial charge in [-0.3, -0.25) is 0 Å². The van der Waals surface area contributed by atoms with E-state index in [1.165, 1.54) is 11.3 Å². The van der Waals surface area contributed by atoms with Gasteiger partial charge in [-0.1, -0.05) is 29.3 Å². The maximum Gasteiger partial charge on any atom is 0.224 e. The molecule has 0 saturated heterocycles. The Morgan fingerprint density at radius 1 is 1.19 bits per heavy atom. The maximum atomic E-state index is 9.32. The van der Waals surface area contributed by atoms with E-state index in [4.69, 9.17) is 23.2 Å². The Hall–Kier alpha value is -1.40. The number of benzene rings is 1. The van der Waals surface area contributed by atoms with Crippen LogP contribution in [-0.2, 0) is 6.61 Å². The molecule has 21 heavy (non-hydrogen) atoms. The van der Waals surface area contributed by atoms with E-state index < -0.39 is 0 Å². The molecule has 0 unspecified atom stereocenters. The molecule has 0 aliphatic heterocycles. The van der Waals surface area contributed by atoms with Gasteiger partial charge in [0.1, 0.15) is 4.83 Å². The summed E-state index contributed by atoms with van der Waals surface area (Å²) in [5.74, 6) is 0.523. The van der Waals surface area contributed by atoms with Crippen molar-refractivity contribution in [2.24, 2.45) is 0 Å². The second-order valence-corrected chi connectivity index (χ2v) is 6.29. The Bertz CT molecular complexity index is 819. The van der Waals surface area contributed by atoms with Crippen LogP contribution in [0, 0.1) is 0 Å². The molecule has 2 N–H and O–H groups in total. The van der Waals surface area contributed by atoms with Crippen molar-refractivity contribution in [1.29, 1.82) is 0 Å². The van der Waals surface area contributed by atoms with Crippen LogP contribution in [0.2, 0.25) is 10.0 Å². The third-order valence-electron chi connectivity index (χ3n) is 3.02. The van der Waals surface area contributed by atoms with E-state index in [-0.39, 0.29) is 6.61 Å². The predicted molar refractivity (Wildman–Crippen MR) is 88.3 cm³/mol. The first-order valence-corrected chi connectivity index (χ1v) is 7.74. The summed E-state index contributed by atoms with van der Waals surface area (Å²) in [7, 11) is 1.76. The first kappa shape index (κ1) is 14.5. The topological polar surface area (TPSA) is 58.0 Å². The molecule has 108 valence electrons. The van der Waals surface area contributed by atoms with Crippen LogP contribution in [-0.4, -0.2) is 22.1 Å². The van der Waals surface area contributed by atoms with Gasteiger partial charge in [-0.05, 0) is 18.2 Å². The standard InChI is InChI=1S/C14H11Cl2N3OS/c1-17-14-18-12(7-2-3-10(15)11(16)4-7)9-5-8(6-20)21-13(9)19-14/h2-5,20H,6H2,1H3,(H,17,18,19). The van der Waals surface area contributed by atoms with Gasteiger partial charge in [-0.25, -0.2) is 9.97 Å². The second-order valence-electron chi connectivity index (χ2n) is 4.36. The minimum atomic E-state index is -0.0171. The van der Waals surface area contributed by atoms with Crippen molar-refractivity contribution in [3.05, 3.63) is 39.2 Å². The van der Waals surface area contributed by atoms with Crippen LogP contribution in [0.5, 0.6) is 0 Å². The number of aromatic nitrogens is 2. The number of hydrogen-bond acceptors (Lipinski definition) is 5. The Morgan fingerprint density at radius 3 is 2.67 bits per heavy atom. The number of fused-ring (bicyclic) bond motifs is 1. The summed E-state index contributed by atoms with van der Waals surface area (Å²) in [6.07, 6.45) is 0. The molecule has 0 aliphatic rings. The summed E-state index contributed by atoms with van der Waals surface area (Å²) in [6.45, 7) is -0.0171. The highest BCUT2D eigenvalue weighted by atomic mass is 35.5. The van der Waals surface area contributed by atoms with Gasteiger partial charge in [-0.15, -0.1) is 11.3 Å². The highest BCUT2D eigenvalue weighted by Crippen LogP contribution is 2.35. The SMILES string of the molecule is CNc1nc(-c2ccc(Cl)c(Cl)c2)c2cc(CO)sc2n1. The molecule has 0 saturated carbocycles. The molecule has 0 radical (unpaired) electrons. The lowest BCUT2D eigenvalue weighted by Crippen LogP contribution is -1.97. The minimum absolute atomic E-state index is 0.0171. The quantitative estimate of drug-likeness (QED) is 0.750. The molecule has 4 nitrogen and oxygen atoms in total. The number of nitrogens with zero attached hydrogens (tertiary/aromatic N) is 2. The normalized spacial score (nSPS) is 11.0. The molecule has 1 aromatic carbocycles. The Labute approximate surface area is 135 Å². The van der Waals surface area contributed by atoms with Gasteiger partial charge >= 0.3 is 0 Å². The fraction of sp³-hybridized carbons (Fsp3) is 0.143. The highest BCUT2D eigenvalue weighted by Gasteiger charge is 2.13. The van der Waals surface area contributed by atoms with Crippen LogP contribution >= 0.6 is 34.5 Å². The van der Waals surface area contributed by atoms with Gasteiger partial charge in [0.15, 0.2) is 0 Å². The molecule has 2 aromatic heterocycles. The van der Waals surface area contributed by atoms with Crippen molar-refractivity contribution in [1.82, 2.24) is 9.97 Å². The summed E-state index contributed by atoms with van der Waals surface area (Å²) in [5, 5.41) is 14.1. The van der Waals surface area contributed by atoms with E-state index in [2.05, 4.69) is 15.3 Å². The highest BCUT2D eigenvalue weighted by molar-refractivity contribution is 7.18. The van der Waals surface area contributed by atoms with Crippen molar-refractivity contribution in [3.8, 4) is 11.3 Å². The van der Waals surface area contributed by atoms with Crippen LogP contribution in [0.3, 0.4) is 0 Å².